The largest absolute Gasteiger partial charge is 0.329 e. The van der Waals surface area contributed by atoms with Crippen LogP contribution < -0.4 is 5.73 Å². The van der Waals surface area contributed by atoms with Gasteiger partial charge in [0, 0.05) is 18.1 Å². The molecule has 4 atom stereocenters. The molecule has 0 aromatic carbocycles. The van der Waals surface area contributed by atoms with Gasteiger partial charge in [0.2, 0.25) is 0 Å². The summed E-state index contributed by atoms with van der Waals surface area (Å²) < 4.78 is 0. The zero-order valence-electron chi connectivity index (χ0n) is 11.9. The van der Waals surface area contributed by atoms with Crippen LogP contribution in [0.15, 0.2) is 0 Å². The highest BCUT2D eigenvalue weighted by molar-refractivity contribution is 5.03. The third-order valence-electron chi connectivity index (χ3n) is 5.74. The van der Waals surface area contributed by atoms with Crippen molar-refractivity contribution in [3.63, 3.8) is 0 Å². The van der Waals surface area contributed by atoms with Crippen LogP contribution in [-0.2, 0) is 0 Å². The fraction of sp³-hybridized carbons (Fsp3) is 1.00. The molecule has 1 heterocycles. The topological polar surface area (TPSA) is 29.3 Å². The van der Waals surface area contributed by atoms with E-state index in [2.05, 4.69) is 25.7 Å². The Morgan fingerprint density at radius 2 is 2.00 bits per heavy atom. The summed E-state index contributed by atoms with van der Waals surface area (Å²) in [7, 11) is 0. The van der Waals surface area contributed by atoms with Crippen molar-refractivity contribution in [2.75, 3.05) is 13.1 Å². The Balaban J connectivity index is 2.23. The summed E-state index contributed by atoms with van der Waals surface area (Å²) in [4.78, 5) is 2.80. The van der Waals surface area contributed by atoms with Gasteiger partial charge in [0.05, 0.1) is 0 Å². The molecule has 4 unspecified atom stereocenters. The summed E-state index contributed by atoms with van der Waals surface area (Å²) in [6.07, 6.45) is 8.15. The minimum Gasteiger partial charge on any atom is -0.329 e. The lowest BCUT2D eigenvalue weighted by atomic mass is 9.67. The first-order chi connectivity index (χ1) is 8.15. The fourth-order valence-electron chi connectivity index (χ4n) is 4.39. The van der Waals surface area contributed by atoms with E-state index in [-0.39, 0.29) is 0 Å². The van der Waals surface area contributed by atoms with Gasteiger partial charge in [-0.2, -0.15) is 0 Å². The zero-order valence-corrected chi connectivity index (χ0v) is 11.9. The number of likely N-dealkylation sites (tertiary alicyclic amines) is 1. The van der Waals surface area contributed by atoms with E-state index in [4.69, 9.17) is 5.73 Å². The molecule has 2 heteroatoms. The Morgan fingerprint density at radius 1 is 1.24 bits per heavy atom. The average molecular weight is 238 g/mol. The summed E-state index contributed by atoms with van der Waals surface area (Å²) in [5.41, 5.74) is 6.56. The third kappa shape index (κ3) is 2.15. The molecule has 0 aromatic heterocycles. The summed E-state index contributed by atoms with van der Waals surface area (Å²) in [6, 6.07) is 0.797. The van der Waals surface area contributed by atoms with Crippen LogP contribution in [0.2, 0.25) is 0 Å². The van der Waals surface area contributed by atoms with Gasteiger partial charge in [0.1, 0.15) is 0 Å². The van der Waals surface area contributed by atoms with Crippen molar-refractivity contribution in [2.45, 2.75) is 70.9 Å². The SMILES string of the molecule is CCC1CCCN1C1(CN)CCCC(C)C1C. The average Bonchev–Trinajstić information content (AvgIpc) is 2.82. The molecule has 2 N–H and O–H groups in total. The van der Waals surface area contributed by atoms with Crippen LogP contribution in [0.4, 0.5) is 0 Å². The van der Waals surface area contributed by atoms with E-state index < -0.39 is 0 Å². The molecule has 0 radical (unpaired) electrons. The van der Waals surface area contributed by atoms with Gasteiger partial charge in [0.15, 0.2) is 0 Å². The Morgan fingerprint density at radius 3 is 2.65 bits per heavy atom. The molecule has 2 nitrogen and oxygen atoms in total. The standard InChI is InChI=1S/C15H30N2/c1-4-14-8-6-10-17(14)15(11-16)9-5-7-12(2)13(15)3/h12-14H,4-11,16H2,1-3H3. The Labute approximate surface area is 107 Å². The van der Waals surface area contributed by atoms with Gasteiger partial charge in [-0.15, -0.1) is 0 Å². The van der Waals surface area contributed by atoms with E-state index in [1.807, 2.05) is 0 Å². The molecule has 1 aliphatic carbocycles. The Kier molecular flexibility index (Phi) is 4.14. The van der Waals surface area contributed by atoms with Crippen LogP contribution in [0.25, 0.3) is 0 Å². The minimum absolute atomic E-state index is 0.314. The number of nitrogens with zero attached hydrogens (tertiary/aromatic N) is 1. The van der Waals surface area contributed by atoms with E-state index in [9.17, 15) is 0 Å². The first-order valence-corrected chi connectivity index (χ1v) is 7.62. The lowest BCUT2D eigenvalue weighted by Crippen LogP contribution is -2.62. The van der Waals surface area contributed by atoms with Gasteiger partial charge >= 0.3 is 0 Å². The van der Waals surface area contributed by atoms with Gasteiger partial charge in [-0.1, -0.05) is 33.6 Å². The number of hydrogen-bond donors (Lipinski definition) is 1. The lowest BCUT2D eigenvalue weighted by molar-refractivity contribution is -0.0199. The Bertz CT molecular complexity index is 253. The molecule has 0 amide bonds. The van der Waals surface area contributed by atoms with E-state index in [1.165, 1.54) is 45.1 Å². The van der Waals surface area contributed by atoms with E-state index in [1.54, 1.807) is 0 Å². The van der Waals surface area contributed by atoms with Gasteiger partial charge in [-0.05, 0) is 44.1 Å². The summed E-state index contributed by atoms with van der Waals surface area (Å²) in [6.45, 7) is 9.35. The van der Waals surface area contributed by atoms with E-state index in [0.717, 1.165) is 24.4 Å². The smallest absolute Gasteiger partial charge is 0.0362 e. The second-order valence-electron chi connectivity index (χ2n) is 6.36. The van der Waals surface area contributed by atoms with E-state index >= 15 is 0 Å². The predicted molar refractivity (Wildman–Crippen MR) is 74.0 cm³/mol. The molecule has 0 spiro atoms. The molecule has 17 heavy (non-hydrogen) atoms. The molecule has 2 aliphatic rings. The first kappa shape index (κ1) is 13.4. The van der Waals surface area contributed by atoms with Crippen molar-refractivity contribution in [3.05, 3.63) is 0 Å². The first-order valence-electron chi connectivity index (χ1n) is 7.62. The molecule has 1 saturated heterocycles. The molecule has 1 aliphatic heterocycles. The van der Waals surface area contributed by atoms with Crippen LogP contribution >= 0.6 is 0 Å². The highest BCUT2D eigenvalue weighted by Gasteiger charge is 2.47. The fourth-order valence-corrected chi connectivity index (χ4v) is 4.39. The van der Waals surface area contributed by atoms with Gasteiger partial charge < -0.3 is 5.73 Å². The molecule has 1 saturated carbocycles. The van der Waals surface area contributed by atoms with E-state index in [0.29, 0.717) is 5.54 Å². The summed E-state index contributed by atoms with van der Waals surface area (Å²) in [5.74, 6) is 1.60. The summed E-state index contributed by atoms with van der Waals surface area (Å²) >= 11 is 0. The third-order valence-corrected chi connectivity index (χ3v) is 5.74. The molecule has 100 valence electrons. The van der Waals surface area contributed by atoms with Gasteiger partial charge in [0.25, 0.3) is 0 Å². The molecular formula is C15H30N2. The lowest BCUT2D eigenvalue weighted by Gasteiger charge is -2.53. The second kappa shape index (κ2) is 5.27. The van der Waals surface area contributed by atoms with Crippen molar-refractivity contribution in [1.29, 1.82) is 0 Å². The molecule has 0 aromatic rings. The highest BCUT2D eigenvalue weighted by Crippen LogP contribution is 2.44. The van der Waals surface area contributed by atoms with Crippen molar-refractivity contribution >= 4 is 0 Å². The normalized spacial score (nSPS) is 44.1. The number of nitrogens with two attached hydrogens (primary N) is 1. The van der Waals surface area contributed by atoms with Crippen LogP contribution in [0.5, 0.6) is 0 Å². The van der Waals surface area contributed by atoms with Crippen molar-refractivity contribution in [2.24, 2.45) is 17.6 Å². The quantitative estimate of drug-likeness (QED) is 0.819. The zero-order chi connectivity index (χ0) is 12.5. The van der Waals surface area contributed by atoms with Crippen LogP contribution in [0.1, 0.15) is 59.3 Å². The maximum absolute atomic E-state index is 6.25. The van der Waals surface area contributed by atoms with Crippen LogP contribution in [-0.4, -0.2) is 29.6 Å². The van der Waals surface area contributed by atoms with Crippen molar-refractivity contribution in [1.82, 2.24) is 4.90 Å². The predicted octanol–water partition coefficient (Wildman–Crippen LogP) is 3.01. The second-order valence-corrected chi connectivity index (χ2v) is 6.36. The maximum atomic E-state index is 6.25. The monoisotopic (exact) mass is 238 g/mol. The minimum atomic E-state index is 0.314. The summed E-state index contributed by atoms with van der Waals surface area (Å²) in [5, 5.41) is 0. The maximum Gasteiger partial charge on any atom is 0.0362 e. The van der Waals surface area contributed by atoms with Gasteiger partial charge in [-0.3, -0.25) is 4.90 Å². The van der Waals surface area contributed by atoms with Crippen molar-refractivity contribution < 1.29 is 0 Å². The molecule has 0 bridgehead atoms. The highest BCUT2D eigenvalue weighted by atomic mass is 15.3. The van der Waals surface area contributed by atoms with Crippen molar-refractivity contribution in [3.8, 4) is 0 Å². The number of rotatable bonds is 3. The van der Waals surface area contributed by atoms with Gasteiger partial charge in [-0.25, -0.2) is 0 Å². The molecule has 2 fully saturated rings. The number of hydrogen-bond acceptors (Lipinski definition) is 2. The van der Waals surface area contributed by atoms with Crippen LogP contribution in [0, 0.1) is 11.8 Å². The molecular weight excluding hydrogens is 208 g/mol. The Hall–Kier alpha value is -0.0800. The van der Waals surface area contributed by atoms with Crippen LogP contribution in [0.3, 0.4) is 0 Å². The molecule has 2 rings (SSSR count).